The van der Waals surface area contributed by atoms with Crippen molar-refractivity contribution in [3.8, 4) is 0 Å². The van der Waals surface area contributed by atoms with Gasteiger partial charge in [-0.2, -0.15) is 0 Å². The molecule has 0 aromatic rings. The second kappa shape index (κ2) is 27.0. The Morgan fingerprint density at radius 3 is 1.04 bits per heavy atom. The molecule has 0 aliphatic heterocycles. The first-order valence-corrected chi connectivity index (χ1v) is 13.3. The summed E-state index contributed by atoms with van der Waals surface area (Å²) in [5.41, 5.74) is 0. The summed E-state index contributed by atoms with van der Waals surface area (Å²) in [5, 5.41) is 0. The van der Waals surface area contributed by atoms with Crippen molar-refractivity contribution in [3.05, 3.63) is 6.61 Å². The molecule has 0 unspecified atom stereocenters. The molecule has 1 heteroatoms. The summed E-state index contributed by atoms with van der Waals surface area (Å²) in [4.78, 5) is 0. The van der Waals surface area contributed by atoms with Gasteiger partial charge in [0.25, 0.3) is 0 Å². The summed E-state index contributed by atoms with van der Waals surface area (Å²) in [7, 11) is 0. The van der Waals surface area contributed by atoms with Crippen molar-refractivity contribution in [2.75, 3.05) is 6.61 Å². The van der Waals surface area contributed by atoms with Crippen LogP contribution in [-0.2, 0) is 4.74 Å². The molecule has 0 rings (SSSR count). The van der Waals surface area contributed by atoms with Gasteiger partial charge in [-0.3, -0.25) is 0 Å². The summed E-state index contributed by atoms with van der Waals surface area (Å²) >= 11 is 0. The van der Waals surface area contributed by atoms with Crippen LogP contribution in [0.1, 0.15) is 162 Å². The molecule has 0 aliphatic rings. The molecule has 0 aromatic carbocycles. The minimum absolute atomic E-state index is 0.888. The van der Waals surface area contributed by atoms with Gasteiger partial charge in [0.1, 0.15) is 0 Å². The molecule has 28 heavy (non-hydrogen) atoms. The monoisotopic (exact) mass is 395 g/mol. The van der Waals surface area contributed by atoms with E-state index in [0.717, 1.165) is 19.4 Å². The lowest BCUT2D eigenvalue weighted by Crippen LogP contribution is -1.89. The van der Waals surface area contributed by atoms with E-state index < -0.39 is 0 Å². The highest BCUT2D eigenvalue weighted by atomic mass is 16.5. The van der Waals surface area contributed by atoms with Gasteiger partial charge < -0.3 is 4.74 Å². The van der Waals surface area contributed by atoms with E-state index in [1.54, 1.807) is 0 Å². The van der Waals surface area contributed by atoms with Crippen LogP contribution in [0.3, 0.4) is 0 Å². The van der Waals surface area contributed by atoms with Crippen molar-refractivity contribution in [2.24, 2.45) is 0 Å². The van der Waals surface area contributed by atoms with Crippen LogP contribution in [0.25, 0.3) is 0 Å². The Kier molecular flexibility index (Phi) is 26.9. The number of ether oxygens (including phenoxy) is 1. The first-order chi connectivity index (χ1) is 13.9. The lowest BCUT2D eigenvalue weighted by molar-refractivity contribution is 0.190. The van der Waals surface area contributed by atoms with Crippen molar-refractivity contribution in [1.29, 1.82) is 0 Å². The van der Waals surface area contributed by atoms with Gasteiger partial charge in [-0.25, -0.2) is 0 Å². The van der Waals surface area contributed by atoms with Crippen molar-refractivity contribution in [2.45, 2.75) is 162 Å². The van der Waals surface area contributed by atoms with E-state index >= 15 is 0 Å². The van der Waals surface area contributed by atoms with Gasteiger partial charge in [0.2, 0.25) is 0 Å². The minimum Gasteiger partial charge on any atom is -0.376 e. The largest absolute Gasteiger partial charge is 0.376 e. The highest BCUT2D eigenvalue weighted by Crippen LogP contribution is 2.15. The zero-order chi connectivity index (χ0) is 20.4. The smallest absolute Gasteiger partial charge is 0.0836 e. The lowest BCUT2D eigenvalue weighted by atomic mass is 10.0. The molecule has 0 N–H and O–H groups in total. The van der Waals surface area contributed by atoms with E-state index in [1.165, 1.54) is 135 Å². The summed E-state index contributed by atoms with van der Waals surface area (Å²) < 4.78 is 5.40. The molecule has 1 radical (unpaired) electrons. The Morgan fingerprint density at radius 2 is 0.714 bits per heavy atom. The zero-order valence-corrected chi connectivity index (χ0v) is 20.0. The predicted molar refractivity (Wildman–Crippen MR) is 128 cm³/mol. The zero-order valence-electron chi connectivity index (χ0n) is 20.0. The third-order valence-corrected chi connectivity index (χ3v) is 5.87. The van der Waals surface area contributed by atoms with Gasteiger partial charge in [-0.05, 0) is 12.8 Å². The van der Waals surface area contributed by atoms with Crippen LogP contribution in [0.2, 0.25) is 0 Å². The molecule has 0 atom stereocenters. The van der Waals surface area contributed by atoms with E-state index in [9.17, 15) is 0 Å². The molecule has 0 spiro atoms. The average Bonchev–Trinajstić information content (AvgIpc) is 2.71. The molecular weight excluding hydrogens is 340 g/mol. The number of hydrogen-bond acceptors (Lipinski definition) is 1. The molecular formula is C27H55O. The first kappa shape index (κ1) is 28.0. The summed E-state index contributed by atoms with van der Waals surface area (Å²) in [6.45, 7) is 7.36. The van der Waals surface area contributed by atoms with E-state index in [1.807, 2.05) is 6.61 Å². The predicted octanol–water partition coefficient (Wildman–Crippen LogP) is 10.2. The van der Waals surface area contributed by atoms with Crippen LogP contribution < -0.4 is 0 Å². The molecule has 0 heterocycles. The summed E-state index contributed by atoms with van der Waals surface area (Å²) in [6.07, 6.45) is 32.7. The Hall–Kier alpha value is -0.0400. The highest BCUT2D eigenvalue weighted by molar-refractivity contribution is 4.54. The molecule has 0 saturated heterocycles. The second-order valence-corrected chi connectivity index (χ2v) is 8.90. The van der Waals surface area contributed by atoms with Gasteiger partial charge in [0, 0.05) is 6.61 Å². The molecule has 0 aliphatic carbocycles. The van der Waals surface area contributed by atoms with Crippen LogP contribution in [0.5, 0.6) is 0 Å². The van der Waals surface area contributed by atoms with E-state index in [2.05, 4.69) is 13.8 Å². The van der Waals surface area contributed by atoms with Gasteiger partial charge in [0.05, 0.1) is 6.61 Å². The molecule has 0 amide bonds. The fourth-order valence-corrected chi connectivity index (χ4v) is 3.94. The highest BCUT2D eigenvalue weighted by Gasteiger charge is 1.96. The van der Waals surface area contributed by atoms with E-state index in [-0.39, 0.29) is 0 Å². The van der Waals surface area contributed by atoms with Gasteiger partial charge in [-0.1, -0.05) is 149 Å². The third-order valence-electron chi connectivity index (χ3n) is 5.87. The van der Waals surface area contributed by atoms with Gasteiger partial charge in [0.15, 0.2) is 0 Å². The maximum atomic E-state index is 5.40. The van der Waals surface area contributed by atoms with Crippen LogP contribution >= 0.6 is 0 Å². The van der Waals surface area contributed by atoms with Crippen molar-refractivity contribution >= 4 is 0 Å². The van der Waals surface area contributed by atoms with E-state index in [0.29, 0.717) is 0 Å². The van der Waals surface area contributed by atoms with Crippen molar-refractivity contribution < 1.29 is 4.74 Å². The maximum absolute atomic E-state index is 5.40. The summed E-state index contributed by atoms with van der Waals surface area (Å²) in [5.74, 6) is 0. The van der Waals surface area contributed by atoms with Crippen LogP contribution in [-0.4, -0.2) is 6.61 Å². The Morgan fingerprint density at radius 1 is 0.393 bits per heavy atom. The molecule has 169 valence electrons. The Balaban J connectivity index is 2.96. The average molecular weight is 396 g/mol. The van der Waals surface area contributed by atoms with Crippen LogP contribution in [0, 0.1) is 6.61 Å². The topological polar surface area (TPSA) is 9.23 Å². The fourth-order valence-electron chi connectivity index (χ4n) is 3.94. The maximum Gasteiger partial charge on any atom is 0.0836 e. The van der Waals surface area contributed by atoms with Crippen molar-refractivity contribution in [1.82, 2.24) is 0 Å². The number of rotatable bonds is 25. The second-order valence-electron chi connectivity index (χ2n) is 8.90. The number of hydrogen-bond donors (Lipinski definition) is 0. The lowest BCUT2D eigenvalue weighted by Gasteiger charge is -2.04. The molecule has 0 fully saturated rings. The standard InChI is InChI=1S/C27H55O/c1-3-5-6-7-8-9-10-11-12-13-14-15-16-17-18-19-20-21-22-23-24-25-27-28-26-4-2/h27H,3-26H2,1-2H3. The van der Waals surface area contributed by atoms with Crippen LogP contribution in [0.4, 0.5) is 0 Å². The molecule has 0 aromatic heterocycles. The molecule has 1 nitrogen and oxygen atoms in total. The fraction of sp³-hybridized carbons (Fsp3) is 0.963. The van der Waals surface area contributed by atoms with Crippen molar-refractivity contribution in [3.63, 3.8) is 0 Å². The van der Waals surface area contributed by atoms with Gasteiger partial charge in [-0.15, -0.1) is 0 Å². The minimum atomic E-state index is 0.888. The van der Waals surface area contributed by atoms with Gasteiger partial charge >= 0.3 is 0 Å². The Labute approximate surface area is 179 Å². The van der Waals surface area contributed by atoms with E-state index in [4.69, 9.17) is 4.74 Å². The SMILES string of the molecule is CCCCCCCCCCCCCCCCCCCCCCC[CH]OCCC. The third kappa shape index (κ3) is 26.0. The quantitative estimate of drug-likeness (QED) is 0.140. The first-order valence-electron chi connectivity index (χ1n) is 13.3. The van der Waals surface area contributed by atoms with Crippen LogP contribution in [0.15, 0.2) is 0 Å². The summed E-state index contributed by atoms with van der Waals surface area (Å²) in [6, 6.07) is 0. The number of unbranched alkanes of at least 4 members (excludes halogenated alkanes) is 21. The molecule has 0 bridgehead atoms. The normalized spacial score (nSPS) is 11.4. The molecule has 0 saturated carbocycles. The Bertz CT molecular complexity index is 225.